The number of carbonyl (C=O) groups excluding carboxylic acids is 1. The molecule has 0 saturated carbocycles. The smallest absolute Gasteiger partial charge is 0.307 e. The number of carbonyl (C=O) groups is 1. The zero-order chi connectivity index (χ0) is 14.4. The van der Waals surface area contributed by atoms with Crippen molar-refractivity contribution in [1.82, 2.24) is 4.98 Å². The summed E-state index contributed by atoms with van der Waals surface area (Å²) in [5, 5.41) is 9.19. The number of esters is 1. The molecule has 1 aromatic rings. The second kappa shape index (κ2) is 6.74. The first kappa shape index (κ1) is 15.0. The second-order valence-electron chi connectivity index (χ2n) is 4.37. The molecule has 19 heavy (non-hydrogen) atoms. The van der Waals surface area contributed by atoms with Crippen LogP contribution in [0.3, 0.4) is 0 Å². The molecule has 0 atom stereocenters. The minimum absolute atomic E-state index is 0.239. The van der Waals surface area contributed by atoms with E-state index < -0.39 is 0 Å². The molecule has 0 spiro atoms. The maximum absolute atomic E-state index is 11.3. The van der Waals surface area contributed by atoms with E-state index in [1.165, 1.54) is 0 Å². The zero-order valence-electron chi connectivity index (χ0n) is 11.9. The number of aromatic nitrogens is 1. The van der Waals surface area contributed by atoms with Crippen molar-refractivity contribution in [2.45, 2.75) is 27.2 Å². The quantitative estimate of drug-likeness (QED) is 0.758. The molecule has 5 nitrogen and oxygen atoms in total. The Balaban J connectivity index is 2.85. The van der Waals surface area contributed by atoms with Crippen molar-refractivity contribution < 1.29 is 9.53 Å². The van der Waals surface area contributed by atoms with Gasteiger partial charge < -0.3 is 9.64 Å². The van der Waals surface area contributed by atoms with Crippen LogP contribution in [0.25, 0.3) is 0 Å². The molecule has 0 bridgehead atoms. The Bertz CT molecular complexity index is 506. The molecule has 0 aromatic carbocycles. The summed E-state index contributed by atoms with van der Waals surface area (Å²) >= 11 is 0. The van der Waals surface area contributed by atoms with Crippen LogP contribution in [0.2, 0.25) is 0 Å². The van der Waals surface area contributed by atoms with Gasteiger partial charge in [-0.2, -0.15) is 5.26 Å². The fourth-order valence-corrected chi connectivity index (χ4v) is 1.83. The van der Waals surface area contributed by atoms with Crippen molar-refractivity contribution in [3.8, 4) is 6.07 Å². The fourth-order valence-electron chi connectivity index (χ4n) is 1.83. The number of pyridine rings is 1. The Morgan fingerprint density at radius 2 is 2.21 bits per heavy atom. The summed E-state index contributed by atoms with van der Waals surface area (Å²) in [6, 6.07) is 4.04. The SMILES string of the molecule is CCOC(=O)CCN(C)c1nc(C)cc(C)c1C#N. The second-order valence-corrected chi connectivity index (χ2v) is 4.37. The van der Waals surface area contributed by atoms with Crippen molar-refractivity contribution in [3.63, 3.8) is 0 Å². The molecule has 5 heteroatoms. The molecule has 0 saturated heterocycles. The highest BCUT2D eigenvalue weighted by Gasteiger charge is 2.14. The molecule has 0 aliphatic carbocycles. The molecule has 1 rings (SSSR count). The van der Waals surface area contributed by atoms with Gasteiger partial charge in [-0.1, -0.05) is 0 Å². The monoisotopic (exact) mass is 261 g/mol. The van der Waals surface area contributed by atoms with Crippen LogP contribution in [-0.4, -0.2) is 31.2 Å². The number of anilines is 1. The molecular formula is C14H19N3O2. The molecule has 1 heterocycles. The lowest BCUT2D eigenvalue weighted by Crippen LogP contribution is -2.24. The Morgan fingerprint density at radius 1 is 1.53 bits per heavy atom. The van der Waals surface area contributed by atoms with Gasteiger partial charge in [0.25, 0.3) is 0 Å². The first-order chi connectivity index (χ1) is 8.99. The zero-order valence-corrected chi connectivity index (χ0v) is 11.9. The number of hydrogen-bond acceptors (Lipinski definition) is 5. The number of ether oxygens (including phenoxy) is 1. The van der Waals surface area contributed by atoms with Gasteiger partial charge in [0.15, 0.2) is 0 Å². The summed E-state index contributed by atoms with van der Waals surface area (Å²) in [4.78, 5) is 17.5. The highest BCUT2D eigenvalue weighted by Crippen LogP contribution is 2.20. The van der Waals surface area contributed by atoms with E-state index in [-0.39, 0.29) is 12.4 Å². The summed E-state index contributed by atoms with van der Waals surface area (Å²) in [7, 11) is 1.82. The van der Waals surface area contributed by atoms with Crippen LogP contribution in [0.5, 0.6) is 0 Å². The Hall–Kier alpha value is -2.09. The number of nitrogens with zero attached hydrogens (tertiary/aromatic N) is 3. The van der Waals surface area contributed by atoms with Gasteiger partial charge in [0.2, 0.25) is 0 Å². The van der Waals surface area contributed by atoms with Gasteiger partial charge in [-0.3, -0.25) is 4.79 Å². The van der Waals surface area contributed by atoms with Crippen molar-refractivity contribution >= 4 is 11.8 Å². The lowest BCUT2D eigenvalue weighted by Gasteiger charge is -2.20. The lowest BCUT2D eigenvalue weighted by molar-refractivity contribution is -0.142. The van der Waals surface area contributed by atoms with E-state index in [2.05, 4.69) is 11.1 Å². The summed E-state index contributed by atoms with van der Waals surface area (Å²) < 4.78 is 4.88. The number of aryl methyl sites for hydroxylation is 2. The number of hydrogen-bond donors (Lipinski definition) is 0. The Kier molecular flexibility index (Phi) is 5.31. The van der Waals surface area contributed by atoms with Gasteiger partial charge in [-0.05, 0) is 32.4 Å². The van der Waals surface area contributed by atoms with E-state index in [1.54, 1.807) is 6.92 Å². The molecule has 0 N–H and O–H groups in total. The summed E-state index contributed by atoms with van der Waals surface area (Å²) in [6.07, 6.45) is 0.282. The van der Waals surface area contributed by atoms with Gasteiger partial charge >= 0.3 is 5.97 Å². The molecule has 1 aromatic heterocycles. The van der Waals surface area contributed by atoms with Gasteiger partial charge in [0, 0.05) is 19.3 Å². The van der Waals surface area contributed by atoms with E-state index in [9.17, 15) is 10.1 Å². The van der Waals surface area contributed by atoms with Crippen LogP contribution < -0.4 is 4.90 Å². The normalized spacial score (nSPS) is 9.84. The number of rotatable bonds is 5. The standard InChI is InChI=1S/C14H19N3O2/c1-5-19-13(18)6-7-17(4)14-12(9-15)10(2)8-11(3)16-14/h8H,5-7H2,1-4H3. The topological polar surface area (TPSA) is 66.2 Å². The van der Waals surface area contributed by atoms with E-state index in [0.717, 1.165) is 11.3 Å². The van der Waals surface area contributed by atoms with Crippen LogP contribution >= 0.6 is 0 Å². The molecule has 0 amide bonds. The predicted molar refractivity (Wildman–Crippen MR) is 72.9 cm³/mol. The third kappa shape index (κ3) is 3.95. The molecule has 0 aliphatic heterocycles. The molecule has 0 unspecified atom stereocenters. The third-order valence-corrected chi connectivity index (χ3v) is 2.76. The van der Waals surface area contributed by atoms with Crippen LogP contribution in [-0.2, 0) is 9.53 Å². The summed E-state index contributed by atoms with van der Waals surface area (Å²) in [5.74, 6) is 0.376. The van der Waals surface area contributed by atoms with Crippen LogP contribution in [0.15, 0.2) is 6.07 Å². The largest absolute Gasteiger partial charge is 0.466 e. The van der Waals surface area contributed by atoms with Crippen molar-refractivity contribution in [2.24, 2.45) is 0 Å². The molecule has 0 fully saturated rings. The van der Waals surface area contributed by atoms with Crippen LogP contribution in [0.1, 0.15) is 30.2 Å². The van der Waals surface area contributed by atoms with Crippen molar-refractivity contribution in [1.29, 1.82) is 5.26 Å². The van der Waals surface area contributed by atoms with Gasteiger partial charge in [0.05, 0.1) is 18.6 Å². The van der Waals surface area contributed by atoms with E-state index >= 15 is 0 Å². The maximum atomic E-state index is 11.3. The highest BCUT2D eigenvalue weighted by atomic mass is 16.5. The fraction of sp³-hybridized carbons (Fsp3) is 0.500. The van der Waals surface area contributed by atoms with Gasteiger partial charge in [0.1, 0.15) is 11.9 Å². The van der Waals surface area contributed by atoms with Gasteiger partial charge in [-0.25, -0.2) is 4.98 Å². The Morgan fingerprint density at radius 3 is 2.79 bits per heavy atom. The minimum Gasteiger partial charge on any atom is -0.466 e. The average Bonchev–Trinajstić information content (AvgIpc) is 2.35. The van der Waals surface area contributed by atoms with E-state index in [1.807, 2.05) is 31.9 Å². The van der Waals surface area contributed by atoms with Crippen molar-refractivity contribution in [2.75, 3.05) is 25.1 Å². The van der Waals surface area contributed by atoms with Crippen molar-refractivity contribution in [3.05, 3.63) is 22.9 Å². The first-order valence-electron chi connectivity index (χ1n) is 6.24. The lowest BCUT2D eigenvalue weighted by atomic mass is 10.1. The Labute approximate surface area is 113 Å². The molecule has 0 radical (unpaired) electrons. The third-order valence-electron chi connectivity index (χ3n) is 2.76. The summed E-state index contributed by atoms with van der Waals surface area (Å²) in [5.41, 5.74) is 2.31. The minimum atomic E-state index is -0.239. The van der Waals surface area contributed by atoms with Gasteiger partial charge in [-0.15, -0.1) is 0 Å². The van der Waals surface area contributed by atoms with E-state index in [4.69, 9.17) is 4.74 Å². The molecular weight excluding hydrogens is 242 g/mol. The average molecular weight is 261 g/mol. The number of nitriles is 1. The highest BCUT2D eigenvalue weighted by molar-refractivity contribution is 5.70. The predicted octanol–water partition coefficient (Wildman–Crippen LogP) is 1.96. The summed E-state index contributed by atoms with van der Waals surface area (Å²) in [6.45, 7) is 6.41. The maximum Gasteiger partial charge on any atom is 0.307 e. The van der Waals surface area contributed by atoms with Crippen LogP contribution in [0, 0.1) is 25.2 Å². The molecule has 0 aliphatic rings. The van der Waals surface area contributed by atoms with E-state index in [0.29, 0.717) is 24.5 Å². The molecule has 102 valence electrons. The first-order valence-corrected chi connectivity index (χ1v) is 6.24. The van der Waals surface area contributed by atoms with Crippen LogP contribution in [0.4, 0.5) is 5.82 Å².